The molecule has 0 radical (unpaired) electrons. The zero-order valence-electron chi connectivity index (χ0n) is 9.94. The number of nitrogens with one attached hydrogen (secondary N) is 3. The summed E-state index contributed by atoms with van der Waals surface area (Å²) in [6.07, 6.45) is 2.92. The number of carbonyl (C=O) groups is 2. The van der Waals surface area contributed by atoms with Gasteiger partial charge in [-0.3, -0.25) is 5.10 Å². The lowest BCUT2D eigenvalue weighted by Crippen LogP contribution is -2.50. The normalized spacial score (nSPS) is 12.9. The van der Waals surface area contributed by atoms with Crippen molar-refractivity contribution in [3.05, 3.63) is 12.4 Å². The molecule has 1 aromatic heterocycles. The third kappa shape index (κ3) is 3.78. The summed E-state index contributed by atoms with van der Waals surface area (Å²) in [5.41, 5.74) is -0.0971. The van der Waals surface area contributed by atoms with Crippen LogP contribution >= 0.6 is 0 Å². The number of hydrogen-bond donors (Lipinski definition) is 4. The van der Waals surface area contributed by atoms with Gasteiger partial charge in [0.2, 0.25) is 0 Å². The summed E-state index contributed by atoms with van der Waals surface area (Å²) in [4.78, 5) is 22.6. The van der Waals surface area contributed by atoms with E-state index in [1.165, 1.54) is 12.4 Å². The summed E-state index contributed by atoms with van der Waals surface area (Å²) in [5, 5.41) is 20.1. The molecule has 1 rings (SSSR count). The largest absolute Gasteiger partial charge is 0.480 e. The number of amides is 2. The van der Waals surface area contributed by atoms with Crippen molar-refractivity contribution in [1.29, 1.82) is 0 Å². The number of aliphatic carboxylic acids is 1. The maximum absolute atomic E-state index is 11.5. The second-order valence-corrected chi connectivity index (χ2v) is 4.72. The van der Waals surface area contributed by atoms with E-state index in [1.54, 1.807) is 20.8 Å². The maximum atomic E-state index is 11.5. The predicted molar refractivity (Wildman–Crippen MR) is 61.6 cm³/mol. The summed E-state index contributed by atoms with van der Waals surface area (Å²) in [6, 6.07) is -1.54. The van der Waals surface area contributed by atoms with E-state index >= 15 is 0 Å². The first-order chi connectivity index (χ1) is 7.80. The van der Waals surface area contributed by atoms with Gasteiger partial charge in [0, 0.05) is 6.20 Å². The molecule has 1 atom stereocenters. The van der Waals surface area contributed by atoms with Crippen LogP contribution in [-0.4, -0.2) is 33.3 Å². The summed E-state index contributed by atoms with van der Waals surface area (Å²) in [6.45, 7) is 5.22. The van der Waals surface area contributed by atoms with Crippen molar-refractivity contribution in [3.63, 3.8) is 0 Å². The fourth-order valence-electron chi connectivity index (χ4n) is 1.27. The van der Waals surface area contributed by atoms with Gasteiger partial charge in [0.15, 0.2) is 0 Å². The number of carboxylic acid groups (broad SMARTS) is 1. The van der Waals surface area contributed by atoms with Crippen molar-refractivity contribution in [1.82, 2.24) is 15.5 Å². The highest BCUT2D eigenvalue weighted by Crippen LogP contribution is 2.19. The second-order valence-electron chi connectivity index (χ2n) is 4.72. The molecule has 2 amide bonds. The van der Waals surface area contributed by atoms with Crippen molar-refractivity contribution < 1.29 is 14.7 Å². The lowest BCUT2D eigenvalue weighted by atomic mass is 9.87. The van der Waals surface area contributed by atoms with Crippen molar-refractivity contribution in [2.75, 3.05) is 5.32 Å². The minimum Gasteiger partial charge on any atom is -0.480 e. The Morgan fingerprint density at radius 1 is 1.47 bits per heavy atom. The van der Waals surface area contributed by atoms with E-state index in [1.807, 2.05) is 0 Å². The number of aromatic amines is 1. The number of anilines is 1. The molecule has 0 bridgehead atoms. The fourth-order valence-corrected chi connectivity index (χ4v) is 1.27. The van der Waals surface area contributed by atoms with Gasteiger partial charge < -0.3 is 15.7 Å². The molecule has 0 fully saturated rings. The molecule has 94 valence electrons. The number of urea groups is 1. The standard InChI is InChI=1S/C10H16N4O3/c1-10(2,3)7(8(15)16)14-9(17)13-6-4-11-12-5-6/h4-5,7H,1-3H3,(H,11,12)(H,15,16)(H2,13,14,17)/t7-/m1/s1. The molecule has 7 nitrogen and oxygen atoms in total. The Hall–Kier alpha value is -2.05. The molecule has 0 saturated carbocycles. The van der Waals surface area contributed by atoms with Crippen molar-refractivity contribution in [3.8, 4) is 0 Å². The molecule has 0 aliphatic carbocycles. The number of carbonyl (C=O) groups excluding carboxylic acids is 1. The van der Waals surface area contributed by atoms with E-state index in [0.29, 0.717) is 5.69 Å². The molecule has 17 heavy (non-hydrogen) atoms. The maximum Gasteiger partial charge on any atom is 0.326 e. The topological polar surface area (TPSA) is 107 Å². The van der Waals surface area contributed by atoms with E-state index in [9.17, 15) is 9.59 Å². The van der Waals surface area contributed by atoms with E-state index in [2.05, 4.69) is 20.8 Å². The van der Waals surface area contributed by atoms with Gasteiger partial charge in [-0.05, 0) is 5.41 Å². The Morgan fingerprint density at radius 2 is 2.12 bits per heavy atom. The van der Waals surface area contributed by atoms with Gasteiger partial charge in [-0.1, -0.05) is 20.8 Å². The Morgan fingerprint density at radius 3 is 2.53 bits per heavy atom. The predicted octanol–water partition coefficient (Wildman–Crippen LogP) is 1.03. The zero-order valence-corrected chi connectivity index (χ0v) is 9.94. The van der Waals surface area contributed by atoms with Crippen LogP contribution in [0.3, 0.4) is 0 Å². The molecule has 0 aliphatic heterocycles. The quantitative estimate of drug-likeness (QED) is 0.632. The Bertz CT molecular complexity index is 394. The van der Waals surface area contributed by atoms with Crippen LogP contribution in [0.5, 0.6) is 0 Å². The van der Waals surface area contributed by atoms with Crippen molar-refractivity contribution >= 4 is 17.7 Å². The average molecular weight is 240 g/mol. The van der Waals surface area contributed by atoms with E-state index in [-0.39, 0.29) is 0 Å². The molecule has 4 N–H and O–H groups in total. The second kappa shape index (κ2) is 4.86. The molecule has 1 aromatic rings. The first-order valence-electron chi connectivity index (χ1n) is 5.10. The monoisotopic (exact) mass is 240 g/mol. The van der Waals surface area contributed by atoms with E-state index in [0.717, 1.165) is 0 Å². The Balaban J connectivity index is 2.62. The van der Waals surface area contributed by atoms with E-state index < -0.39 is 23.5 Å². The summed E-state index contributed by atoms with van der Waals surface area (Å²) >= 11 is 0. The summed E-state index contributed by atoms with van der Waals surface area (Å²) < 4.78 is 0. The fraction of sp³-hybridized carbons (Fsp3) is 0.500. The van der Waals surface area contributed by atoms with Gasteiger partial charge in [-0.15, -0.1) is 0 Å². The van der Waals surface area contributed by atoms with Crippen LogP contribution in [0.25, 0.3) is 0 Å². The number of H-pyrrole nitrogens is 1. The van der Waals surface area contributed by atoms with Crippen LogP contribution in [0.15, 0.2) is 12.4 Å². The highest BCUT2D eigenvalue weighted by atomic mass is 16.4. The zero-order chi connectivity index (χ0) is 13.1. The van der Waals surface area contributed by atoms with Gasteiger partial charge in [0.1, 0.15) is 6.04 Å². The molecule has 0 unspecified atom stereocenters. The van der Waals surface area contributed by atoms with Crippen LogP contribution in [0.1, 0.15) is 20.8 Å². The van der Waals surface area contributed by atoms with Gasteiger partial charge in [-0.25, -0.2) is 9.59 Å². The molecular formula is C10H16N4O3. The smallest absolute Gasteiger partial charge is 0.326 e. The number of carboxylic acids is 1. The Kier molecular flexibility index (Phi) is 3.72. The molecule has 0 saturated heterocycles. The van der Waals surface area contributed by atoms with E-state index in [4.69, 9.17) is 5.11 Å². The lowest BCUT2D eigenvalue weighted by Gasteiger charge is -2.27. The van der Waals surface area contributed by atoms with Crippen LogP contribution in [0.2, 0.25) is 0 Å². The van der Waals surface area contributed by atoms with Crippen LogP contribution in [-0.2, 0) is 4.79 Å². The molecule has 0 aromatic carbocycles. The number of aromatic nitrogens is 2. The van der Waals surface area contributed by atoms with Gasteiger partial charge >= 0.3 is 12.0 Å². The number of hydrogen-bond acceptors (Lipinski definition) is 3. The third-order valence-electron chi connectivity index (χ3n) is 2.14. The summed E-state index contributed by atoms with van der Waals surface area (Å²) in [5.74, 6) is -1.07. The molecule has 0 spiro atoms. The van der Waals surface area contributed by atoms with Gasteiger partial charge in [0.25, 0.3) is 0 Å². The SMILES string of the molecule is CC(C)(C)[C@H](NC(=O)Nc1cn[nH]c1)C(=O)O. The number of nitrogens with zero attached hydrogens (tertiary/aromatic N) is 1. The first-order valence-corrected chi connectivity index (χ1v) is 5.10. The minimum absolute atomic E-state index is 0.473. The van der Waals surface area contributed by atoms with Crippen LogP contribution in [0.4, 0.5) is 10.5 Å². The highest BCUT2D eigenvalue weighted by Gasteiger charge is 2.32. The highest BCUT2D eigenvalue weighted by molar-refractivity contribution is 5.92. The van der Waals surface area contributed by atoms with Gasteiger partial charge in [0.05, 0.1) is 11.9 Å². The molecular weight excluding hydrogens is 224 g/mol. The first kappa shape index (κ1) is 13.0. The molecule has 7 heteroatoms. The lowest BCUT2D eigenvalue weighted by molar-refractivity contribution is -0.141. The van der Waals surface area contributed by atoms with Crippen LogP contribution < -0.4 is 10.6 Å². The van der Waals surface area contributed by atoms with Crippen LogP contribution in [0, 0.1) is 5.41 Å². The minimum atomic E-state index is -1.07. The molecule has 1 heterocycles. The van der Waals surface area contributed by atoms with Crippen molar-refractivity contribution in [2.24, 2.45) is 5.41 Å². The van der Waals surface area contributed by atoms with Gasteiger partial charge in [-0.2, -0.15) is 5.10 Å². The third-order valence-corrected chi connectivity index (χ3v) is 2.14. The number of rotatable bonds is 3. The Labute approximate surface area is 98.6 Å². The summed E-state index contributed by atoms with van der Waals surface area (Å²) in [7, 11) is 0. The average Bonchev–Trinajstić information content (AvgIpc) is 2.64. The van der Waals surface area contributed by atoms with Crippen molar-refractivity contribution in [2.45, 2.75) is 26.8 Å². The molecule has 0 aliphatic rings.